The van der Waals surface area contributed by atoms with E-state index in [1.807, 2.05) is 13.8 Å². The quantitative estimate of drug-likeness (QED) is 0.841. The van der Waals surface area contributed by atoms with Gasteiger partial charge >= 0.3 is 6.18 Å². The van der Waals surface area contributed by atoms with Crippen molar-refractivity contribution in [2.45, 2.75) is 45.0 Å². The van der Waals surface area contributed by atoms with Crippen LogP contribution in [0, 0.1) is 5.92 Å². The Labute approximate surface area is 117 Å². The van der Waals surface area contributed by atoms with Gasteiger partial charge in [0.2, 0.25) is 5.91 Å². The topological polar surface area (TPSA) is 41.6 Å². The van der Waals surface area contributed by atoms with Gasteiger partial charge in [-0.05, 0) is 26.7 Å². The number of hydrogen-bond donors (Lipinski definition) is 1. The number of amides is 1. The lowest BCUT2D eigenvalue weighted by atomic mass is 9.93. The first-order chi connectivity index (χ1) is 9.21. The fourth-order valence-electron chi connectivity index (χ4n) is 2.15. The first-order valence-corrected chi connectivity index (χ1v) is 6.88. The molecule has 118 valence electrons. The molecule has 0 radical (unpaired) electrons. The number of likely N-dealkylation sites (N-methyl/N-ethyl adjacent to an activating group) is 1. The molecule has 1 saturated heterocycles. The minimum absolute atomic E-state index is 0.00322. The summed E-state index contributed by atoms with van der Waals surface area (Å²) in [6.45, 7) is 4.50. The van der Waals surface area contributed by atoms with Crippen LogP contribution in [0.25, 0.3) is 0 Å². The van der Waals surface area contributed by atoms with Gasteiger partial charge < -0.3 is 15.0 Å². The molecule has 1 N–H and O–H groups in total. The van der Waals surface area contributed by atoms with Crippen LogP contribution in [0.5, 0.6) is 0 Å². The van der Waals surface area contributed by atoms with Gasteiger partial charge in [-0.2, -0.15) is 13.2 Å². The number of hydrogen-bond acceptors (Lipinski definition) is 3. The maximum atomic E-state index is 12.5. The summed E-state index contributed by atoms with van der Waals surface area (Å²) in [5.41, 5.74) is 0. The largest absolute Gasteiger partial charge is 0.393 e. The Morgan fingerprint density at radius 1 is 1.40 bits per heavy atom. The van der Waals surface area contributed by atoms with Crippen LogP contribution < -0.4 is 5.32 Å². The summed E-state index contributed by atoms with van der Waals surface area (Å²) in [5.74, 6) is -1.51. The van der Waals surface area contributed by atoms with Crippen molar-refractivity contribution >= 4 is 5.91 Å². The van der Waals surface area contributed by atoms with Crippen LogP contribution in [0.2, 0.25) is 0 Å². The van der Waals surface area contributed by atoms with E-state index >= 15 is 0 Å². The predicted octanol–water partition coefficient (Wildman–Crippen LogP) is 1.80. The molecule has 7 heteroatoms. The fourth-order valence-corrected chi connectivity index (χ4v) is 2.15. The van der Waals surface area contributed by atoms with Crippen LogP contribution in [-0.2, 0) is 9.53 Å². The second-order valence-corrected chi connectivity index (χ2v) is 5.46. The molecule has 0 bridgehead atoms. The highest BCUT2D eigenvalue weighted by molar-refractivity contribution is 5.81. The summed E-state index contributed by atoms with van der Waals surface area (Å²) < 4.78 is 42.9. The Morgan fingerprint density at radius 2 is 2.05 bits per heavy atom. The summed E-state index contributed by atoms with van der Waals surface area (Å²) in [6, 6.07) is -0.516. The Morgan fingerprint density at radius 3 is 2.50 bits per heavy atom. The number of nitrogens with one attached hydrogen (secondary N) is 1. The average Bonchev–Trinajstić information content (AvgIpc) is 2.36. The summed E-state index contributed by atoms with van der Waals surface area (Å²) >= 11 is 0. The fraction of sp³-hybridized carbons (Fsp3) is 0.923. The van der Waals surface area contributed by atoms with Crippen molar-refractivity contribution in [2.75, 3.05) is 26.7 Å². The van der Waals surface area contributed by atoms with Crippen molar-refractivity contribution in [2.24, 2.45) is 5.92 Å². The lowest BCUT2D eigenvalue weighted by Crippen LogP contribution is -2.52. The van der Waals surface area contributed by atoms with E-state index in [-0.39, 0.29) is 31.4 Å². The predicted molar refractivity (Wildman–Crippen MR) is 69.3 cm³/mol. The molecule has 2 unspecified atom stereocenters. The van der Waals surface area contributed by atoms with E-state index in [9.17, 15) is 18.0 Å². The van der Waals surface area contributed by atoms with E-state index in [0.717, 1.165) is 0 Å². The third kappa shape index (κ3) is 5.28. The Balaban J connectivity index is 2.35. The van der Waals surface area contributed by atoms with Crippen LogP contribution in [-0.4, -0.2) is 55.9 Å². The number of ether oxygens (including phenoxy) is 1. The molecule has 1 heterocycles. The summed E-state index contributed by atoms with van der Waals surface area (Å²) in [4.78, 5) is 13.6. The van der Waals surface area contributed by atoms with Gasteiger partial charge in [-0.1, -0.05) is 0 Å². The van der Waals surface area contributed by atoms with E-state index in [1.54, 1.807) is 7.05 Å². The molecule has 0 aromatic carbocycles. The van der Waals surface area contributed by atoms with E-state index in [4.69, 9.17) is 4.74 Å². The lowest BCUT2D eigenvalue weighted by Gasteiger charge is -2.32. The Hall–Kier alpha value is -0.820. The third-order valence-corrected chi connectivity index (χ3v) is 3.43. The zero-order chi connectivity index (χ0) is 15.3. The molecule has 1 aliphatic heterocycles. The van der Waals surface area contributed by atoms with Gasteiger partial charge in [-0.3, -0.25) is 4.79 Å². The molecule has 0 aromatic heterocycles. The number of rotatable bonds is 5. The van der Waals surface area contributed by atoms with Crippen LogP contribution in [0.15, 0.2) is 0 Å². The highest BCUT2D eigenvalue weighted by Gasteiger charge is 2.42. The third-order valence-electron chi connectivity index (χ3n) is 3.43. The van der Waals surface area contributed by atoms with Gasteiger partial charge in [0.25, 0.3) is 0 Å². The average molecular weight is 296 g/mol. The number of alkyl halides is 3. The van der Waals surface area contributed by atoms with Crippen molar-refractivity contribution in [3.05, 3.63) is 0 Å². The SMILES string of the molecule is CC(C)OCCN(C)C(=O)C1CCC(C(F)(F)F)CN1. The summed E-state index contributed by atoms with van der Waals surface area (Å²) in [7, 11) is 1.64. The molecule has 4 nitrogen and oxygen atoms in total. The van der Waals surface area contributed by atoms with Crippen LogP contribution in [0.4, 0.5) is 13.2 Å². The normalized spacial score (nSPS) is 23.9. The smallest absolute Gasteiger partial charge is 0.377 e. The maximum absolute atomic E-state index is 12.5. The van der Waals surface area contributed by atoms with Crippen molar-refractivity contribution in [1.82, 2.24) is 10.2 Å². The van der Waals surface area contributed by atoms with Crippen molar-refractivity contribution in [1.29, 1.82) is 0 Å². The zero-order valence-corrected chi connectivity index (χ0v) is 12.2. The van der Waals surface area contributed by atoms with Crippen LogP contribution in [0.1, 0.15) is 26.7 Å². The first-order valence-electron chi connectivity index (χ1n) is 6.88. The molecular weight excluding hydrogens is 273 g/mol. The molecule has 0 aromatic rings. The standard InChI is InChI=1S/C13H23F3N2O2/c1-9(2)20-7-6-18(3)12(19)11-5-4-10(8-17-11)13(14,15)16/h9-11,17H,4-8H2,1-3H3. The minimum atomic E-state index is -4.18. The van der Waals surface area contributed by atoms with E-state index in [2.05, 4.69) is 5.32 Å². The van der Waals surface area contributed by atoms with Gasteiger partial charge in [-0.25, -0.2) is 0 Å². The van der Waals surface area contributed by atoms with Crippen molar-refractivity contribution < 1.29 is 22.7 Å². The highest BCUT2D eigenvalue weighted by atomic mass is 19.4. The summed E-state index contributed by atoms with van der Waals surface area (Å²) in [5, 5.41) is 2.70. The number of piperidine rings is 1. The maximum Gasteiger partial charge on any atom is 0.393 e. The van der Waals surface area contributed by atoms with E-state index in [0.29, 0.717) is 13.2 Å². The second-order valence-electron chi connectivity index (χ2n) is 5.46. The zero-order valence-electron chi connectivity index (χ0n) is 12.2. The molecule has 2 atom stereocenters. The van der Waals surface area contributed by atoms with Gasteiger partial charge in [-0.15, -0.1) is 0 Å². The Kier molecular flexibility index (Phi) is 6.26. The van der Waals surface area contributed by atoms with E-state index < -0.39 is 18.1 Å². The molecule has 1 amide bonds. The molecule has 1 rings (SSSR count). The highest BCUT2D eigenvalue weighted by Crippen LogP contribution is 2.32. The molecule has 1 aliphatic rings. The van der Waals surface area contributed by atoms with Crippen molar-refractivity contribution in [3.8, 4) is 0 Å². The molecule has 0 aliphatic carbocycles. The van der Waals surface area contributed by atoms with Gasteiger partial charge in [0.05, 0.1) is 24.7 Å². The number of carbonyl (C=O) groups is 1. The second kappa shape index (κ2) is 7.26. The van der Waals surface area contributed by atoms with E-state index in [1.165, 1.54) is 4.90 Å². The molecule has 20 heavy (non-hydrogen) atoms. The molecule has 0 saturated carbocycles. The monoisotopic (exact) mass is 296 g/mol. The lowest BCUT2D eigenvalue weighted by molar-refractivity contribution is -0.180. The molecule has 1 fully saturated rings. The number of carbonyl (C=O) groups excluding carboxylic acids is 1. The van der Waals surface area contributed by atoms with Gasteiger partial charge in [0.1, 0.15) is 0 Å². The van der Waals surface area contributed by atoms with Crippen LogP contribution in [0.3, 0.4) is 0 Å². The summed E-state index contributed by atoms with van der Waals surface area (Å²) in [6.07, 6.45) is -3.86. The number of halogens is 3. The van der Waals surface area contributed by atoms with Gasteiger partial charge in [0, 0.05) is 20.1 Å². The molecular formula is C13H23F3N2O2. The Bertz CT molecular complexity index is 313. The first kappa shape index (κ1) is 17.2. The minimum Gasteiger partial charge on any atom is -0.377 e. The van der Waals surface area contributed by atoms with Crippen molar-refractivity contribution in [3.63, 3.8) is 0 Å². The number of nitrogens with zero attached hydrogens (tertiary/aromatic N) is 1. The van der Waals surface area contributed by atoms with Gasteiger partial charge in [0.15, 0.2) is 0 Å². The molecule has 0 spiro atoms. The van der Waals surface area contributed by atoms with Crippen LogP contribution >= 0.6 is 0 Å².